The maximum atomic E-state index is 12.9. The van der Waals surface area contributed by atoms with Crippen molar-refractivity contribution >= 4 is 54.8 Å². The summed E-state index contributed by atoms with van der Waals surface area (Å²) in [5, 5.41) is 0.742. The standard InChI is InChI=1S/C23H28BrClN4O3S/c1-17(30)29-9-6-18-14-21(24)23(16-22(18)29)33(31,32)26-7-3-8-27-10-12-28(13-11-27)20-5-2-4-19(25)15-20/h2,4-5,14-16,26H,3,6-13H2,1H3. The molecule has 2 aliphatic rings. The number of amides is 1. The van der Waals surface area contributed by atoms with E-state index in [-0.39, 0.29) is 10.8 Å². The lowest BCUT2D eigenvalue weighted by Gasteiger charge is -2.36. The number of anilines is 2. The summed E-state index contributed by atoms with van der Waals surface area (Å²) in [7, 11) is -3.69. The largest absolute Gasteiger partial charge is 0.369 e. The number of benzene rings is 2. The first-order valence-corrected chi connectivity index (χ1v) is 13.7. The molecular formula is C23H28BrClN4O3S. The number of carbonyl (C=O) groups is 1. The zero-order valence-corrected chi connectivity index (χ0v) is 21.7. The van der Waals surface area contributed by atoms with Crippen molar-refractivity contribution in [3.63, 3.8) is 0 Å². The molecule has 0 radical (unpaired) electrons. The molecule has 2 aliphatic heterocycles. The molecule has 7 nitrogen and oxygen atoms in total. The Hall–Kier alpha value is -1.65. The van der Waals surface area contributed by atoms with Crippen molar-refractivity contribution in [2.75, 3.05) is 55.6 Å². The molecule has 0 aromatic heterocycles. The van der Waals surface area contributed by atoms with Crippen LogP contribution in [0.1, 0.15) is 18.9 Å². The molecule has 2 aromatic carbocycles. The zero-order valence-electron chi connectivity index (χ0n) is 18.6. The van der Waals surface area contributed by atoms with Gasteiger partial charge in [0.25, 0.3) is 0 Å². The van der Waals surface area contributed by atoms with Crippen LogP contribution in [0, 0.1) is 0 Å². The van der Waals surface area contributed by atoms with E-state index >= 15 is 0 Å². The zero-order chi connectivity index (χ0) is 23.6. The van der Waals surface area contributed by atoms with E-state index in [1.165, 1.54) is 6.92 Å². The third-order valence-electron chi connectivity index (χ3n) is 6.19. The average Bonchev–Trinajstić information content (AvgIpc) is 3.19. The molecule has 10 heteroatoms. The number of sulfonamides is 1. The van der Waals surface area contributed by atoms with Crippen LogP contribution < -0.4 is 14.5 Å². The molecule has 1 fully saturated rings. The van der Waals surface area contributed by atoms with Crippen molar-refractivity contribution in [3.05, 3.63) is 51.5 Å². The summed E-state index contributed by atoms with van der Waals surface area (Å²) < 4.78 is 29.1. The average molecular weight is 556 g/mol. The van der Waals surface area contributed by atoms with Gasteiger partial charge in [0, 0.05) is 67.1 Å². The van der Waals surface area contributed by atoms with Gasteiger partial charge in [-0.2, -0.15) is 0 Å². The highest BCUT2D eigenvalue weighted by Crippen LogP contribution is 2.35. The molecule has 178 valence electrons. The second kappa shape index (κ2) is 10.3. The number of hydrogen-bond acceptors (Lipinski definition) is 5. The number of hydrogen-bond donors (Lipinski definition) is 1. The quantitative estimate of drug-likeness (QED) is 0.530. The Morgan fingerprint density at radius 1 is 1.12 bits per heavy atom. The lowest BCUT2D eigenvalue weighted by atomic mass is 10.2. The molecule has 4 rings (SSSR count). The topological polar surface area (TPSA) is 73.0 Å². The number of carbonyl (C=O) groups excluding carboxylic acids is 1. The minimum Gasteiger partial charge on any atom is -0.369 e. The van der Waals surface area contributed by atoms with Crippen LogP contribution in [-0.2, 0) is 21.2 Å². The van der Waals surface area contributed by atoms with Crippen molar-refractivity contribution in [2.24, 2.45) is 0 Å². The Morgan fingerprint density at radius 2 is 1.88 bits per heavy atom. The monoisotopic (exact) mass is 554 g/mol. The van der Waals surface area contributed by atoms with Gasteiger partial charge in [0.1, 0.15) is 0 Å². The molecule has 2 heterocycles. The SMILES string of the molecule is CC(=O)N1CCc2cc(Br)c(S(=O)(=O)NCCCN3CCN(c4cccc(Cl)c4)CC3)cc21. The first kappa shape index (κ1) is 24.5. The van der Waals surface area contributed by atoms with Crippen molar-refractivity contribution in [3.8, 4) is 0 Å². The molecule has 0 bridgehead atoms. The van der Waals surface area contributed by atoms with E-state index in [0.29, 0.717) is 23.2 Å². The van der Waals surface area contributed by atoms with E-state index in [2.05, 4.69) is 36.5 Å². The number of fused-ring (bicyclic) bond motifs is 1. The van der Waals surface area contributed by atoms with Crippen LogP contribution in [-0.4, -0.2) is 65.0 Å². The van der Waals surface area contributed by atoms with Crippen LogP contribution in [0.15, 0.2) is 45.8 Å². The summed E-state index contributed by atoms with van der Waals surface area (Å²) >= 11 is 9.50. The Morgan fingerprint density at radius 3 is 2.58 bits per heavy atom. The van der Waals surface area contributed by atoms with Crippen molar-refractivity contribution in [1.82, 2.24) is 9.62 Å². The summed E-state index contributed by atoms with van der Waals surface area (Å²) in [6.45, 7) is 6.96. The fourth-order valence-electron chi connectivity index (χ4n) is 4.41. The molecule has 0 unspecified atom stereocenters. The normalized spacial score (nSPS) is 16.8. The van der Waals surface area contributed by atoms with Crippen molar-refractivity contribution < 1.29 is 13.2 Å². The maximum Gasteiger partial charge on any atom is 0.241 e. The lowest BCUT2D eigenvalue weighted by molar-refractivity contribution is -0.116. The van der Waals surface area contributed by atoms with E-state index in [9.17, 15) is 13.2 Å². The van der Waals surface area contributed by atoms with Gasteiger partial charge >= 0.3 is 0 Å². The first-order chi connectivity index (χ1) is 15.7. The molecule has 33 heavy (non-hydrogen) atoms. The highest BCUT2D eigenvalue weighted by atomic mass is 79.9. The van der Waals surface area contributed by atoms with E-state index in [4.69, 9.17) is 11.6 Å². The van der Waals surface area contributed by atoms with Gasteiger partial charge in [-0.3, -0.25) is 9.69 Å². The Kier molecular flexibility index (Phi) is 7.65. The minimum absolute atomic E-state index is 0.0807. The third-order valence-corrected chi connectivity index (χ3v) is 8.84. The second-order valence-electron chi connectivity index (χ2n) is 8.39. The van der Waals surface area contributed by atoms with Crippen LogP contribution in [0.2, 0.25) is 5.02 Å². The minimum atomic E-state index is -3.69. The number of nitrogens with zero attached hydrogens (tertiary/aromatic N) is 3. The number of rotatable bonds is 7. The Labute approximate surface area is 208 Å². The maximum absolute atomic E-state index is 12.9. The van der Waals surface area contributed by atoms with Gasteiger partial charge in [0.15, 0.2) is 0 Å². The fraction of sp³-hybridized carbons (Fsp3) is 0.435. The second-order valence-corrected chi connectivity index (χ2v) is 11.4. The number of nitrogens with one attached hydrogen (secondary N) is 1. The van der Waals surface area contributed by atoms with E-state index < -0.39 is 10.0 Å². The van der Waals surface area contributed by atoms with Gasteiger partial charge < -0.3 is 9.80 Å². The molecule has 1 N–H and O–H groups in total. The van der Waals surface area contributed by atoms with Gasteiger partial charge in [-0.25, -0.2) is 13.1 Å². The number of halogens is 2. The van der Waals surface area contributed by atoms with Gasteiger partial charge in [0.2, 0.25) is 15.9 Å². The van der Waals surface area contributed by atoms with Crippen LogP contribution in [0.5, 0.6) is 0 Å². The molecule has 0 saturated carbocycles. The predicted molar refractivity (Wildman–Crippen MR) is 136 cm³/mol. The predicted octanol–water partition coefficient (Wildman–Crippen LogP) is 3.50. The molecule has 1 amide bonds. The van der Waals surface area contributed by atoms with E-state index in [0.717, 1.165) is 61.8 Å². The first-order valence-electron chi connectivity index (χ1n) is 11.1. The van der Waals surface area contributed by atoms with Crippen molar-refractivity contribution in [2.45, 2.75) is 24.7 Å². The summed E-state index contributed by atoms with van der Waals surface area (Å²) in [5.74, 6) is -0.0807. The molecule has 0 atom stereocenters. The van der Waals surface area contributed by atoms with Gasteiger partial charge in [-0.15, -0.1) is 0 Å². The van der Waals surface area contributed by atoms with Crippen LogP contribution in [0.4, 0.5) is 11.4 Å². The molecule has 0 spiro atoms. The molecule has 2 aromatic rings. The van der Waals surface area contributed by atoms with Crippen LogP contribution >= 0.6 is 27.5 Å². The highest BCUT2D eigenvalue weighted by molar-refractivity contribution is 9.10. The van der Waals surface area contributed by atoms with E-state index in [1.807, 2.05) is 24.3 Å². The third kappa shape index (κ3) is 5.71. The van der Waals surface area contributed by atoms with Gasteiger partial charge in [-0.05, 0) is 71.2 Å². The molecule has 0 aliphatic carbocycles. The highest BCUT2D eigenvalue weighted by Gasteiger charge is 2.27. The number of piperazine rings is 1. The van der Waals surface area contributed by atoms with Gasteiger partial charge in [0.05, 0.1) is 4.90 Å². The summed E-state index contributed by atoms with van der Waals surface area (Å²) in [6.07, 6.45) is 1.45. The van der Waals surface area contributed by atoms with Crippen LogP contribution in [0.25, 0.3) is 0 Å². The smallest absolute Gasteiger partial charge is 0.241 e. The summed E-state index contributed by atoms with van der Waals surface area (Å²) in [4.78, 5) is 18.3. The van der Waals surface area contributed by atoms with E-state index in [1.54, 1.807) is 11.0 Å². The van der Waals surface area contributed by atoms with Gasteiger partial charge in [-0.1, -0.05) is 17.7 Å². The Bertz CT molecular complexity index is 1140. The Balaban J connectivity index is 1.28. The van der Waals surface area contributed by atoms with Crippen molar-refractivity contribution in [1.29, 1.82) is 0 Å². The fourth-order valence-corrected chi connectivity index (χ4v) is 6.78. The lowest BCUT2D eigenvalue weighted by Crippen LogP contribution is -2.47. The molecular weight excluding hydrogens is 528 g/mol. The van der Waals surface area contributed by atoms with Crippen LogP contribution in [0.3, 0.4) is 0 Å². The summed E-state index contributed by atoms with van der Waals surface area (Å²) in [6, 6.07) is 11.3. The molecule has 1 saturated heterocycles. The summed E-state index contributed by atoms with van der Waals surface area (Å²) in [5.41, 5.74) is 2.80.